The molecule has 2 heterocycles. The summed E-state index contributed by atoms with van der Waals surface area (Å²) in [6, 6.07) is 24.0. The summed E-state index contributed by atoms with van der Waals surface area (Å²) < 4.78 is 36.5. The molecule has 0 saturated heterocycles. The molecule has 4 aromatic carbocycles. The fourth-order valence-corrected chi connectivity index (χ4v) is 5.23. The number of nitriles is 1. The lowest BCUT2D eigenvalue weighted by Gasteiger charge is -2.27. The lowest BCUT2D eigenvalue weighted by molar-refractivity contribution is 0.0702. The molecule has 0 saturated carbocycles. The van der Waals surface area contributed by atoms with Crippen LogP contribution in [0.25, 0.3) is 11.0 Å². The van der Waals surface area contributed by atoms with Gasteiger partial charge in [0, 0.05) is 27.6 Å². The highest BCUT2D eigenvalue weighted by Gasteiger charge is 2.31. The lowest BCUT2D eigenvalue weighted by atomic mass is 9.83. The maximum Gasteiger partial charge on any atom is 0.379 e. The maximum atomic E-state index is 13.3. The minimum absolute atomic E-state index is 0.0542. The summed E-state index contributed by atoms with van der Waals surface area (Å²) in [5, 5.41) is 11.3. The summed E-state index contributed by atoms with van der Waals surface area (Å²) in [5.41, 5.74) is 10.6. The smallest absolute Gasteiger partial charge is 0.379 e. The van der Waals surface area contributed by atoms with Gasteiger partial charge in [0.05, 0.1) is 5.92 Å². The van der Waals surface area contributed by atoms with E-state index in [1.807, 2.05) is 25.1 Å². The fourth-order valence-electron chi connectivity index (χ4n) is 5.06. The van der Waals surface area contributed by atoms with Crippen LogP contribution in [0, 0.1) is 31.0 Å². The zero-order chi connectivity index (χ0) is 30.2. The predicted octanol–water partition coefficient (Wildman–Crippen LogP) is 7.86. The van der Waals surface area contributed by atoms with Gasteiger partial charge in [0.15, 0.2) is 0 Å². The molecular weight excluding hydrogens is 571 g/mol. The molecule has 1 atom stereocenters. The van der Waals surface area contributed by atoms with Crippen LogP contribution < -0.4 is 19.9 Å². The Balaban J connectivity index is 1.27. The van der Waals surface area contributed by atoms with Crippen LogP contribution in [-0.4, -0.2) is 5.97 Å². The fraction of sp³-hybridized carbons (Fsp3) is 0.118. The van der Waals surface area contributed by atoms with Crippen molar-refractivity contribution in [3.8, 4) is 23.3 Å². The van der Waals surface area contributed by atoms with Gasteiger partial charge in [-0.3, -0.25) is 0 Å². The number of carbonyl (C=O) groups excluding carboxylic acids is 1. The highest BCUT2D eigenvalue weighted by Crippen LogP contribution is 2.44. The first-order valence-corrected chi connectivity index (χ1v) is 13.7. The van der Waals surface area contributed by atoms with Crippen molar-refractivity contribution in [1.29, 1.82) is 5.26 Å². The molecule has 0 amide bonds. The van der Waals surface area contributed by atoms with Gasteiger partial charge in [0.1, 0.15) is 46.9 Å². The van der Waals surface area contributed by atoms with E-state index in [0.717, 1.165) is 22.1 Å². The Labute approximate surface area is 251 Å². The van der Waals surface area contributed by atoms with Gasteiger partial charge in [-0.05, 0) is 73.0 Å². The number of carbonyl (C=O) groups is 1. The SMILES string of the molecule is Cc1cc2oc(C(=O)Oc3ccc4c(c3)OC(N)=C(C#N)C4c3cccc(OCc4ccc(F)cc4)c3)c(C)c2cc1Cl. The average molecular weight is 595 g/mol. The van der Waals surface area contributed by atoms with Crippen LogP contribution in [-0.2, 0) is 6.61 Å². The van der Waals surface area contributed by atoms with Crippen LogP contribution in [0.2, 0.25) is 5.02 Å². The summed E-state index contributed by atoms with van der Waals surface area (Å²) in [5.74, 6) is -0.428. The Hall–Kier alpha value is -5.26. The van der Waals surface area contributed by atoms with Crippen LogP contribution >= 0.6 is 11.6 Å². The minimum Gasteiger partial charge on any atom is -0.489 e. The molecule has 0 bridgehead atoms. The number of nitrogens with two attached hydrogens (primary N) is 1. The molecule has 1 aliphatic heterocycles. The second-order valence-corrected chi connectivity index (χ2v) is 10.6. The van der Waals surface area contributed by atoms with E-state index in [1.54, 1.807) is 55.5 Å². The van der Waals surface area contributed by atoms with Gasteiger partial charge in [-0.15, -0.1) is 0 Å². The Morgan fingerprint density at radius 3 is 2.60 bits per heavy atom. The van der Waals surface area contributed by atoms with Crippen molar-refractivity contribution in [3.63, 3.8) is 0 Å². The summed E-state index contributed by atoms with van der Waals surface area (Å²) in [6.07, 6.45) is 0. The first-order valence-electron chi connectivity index (χ1n) is 13.3. The van der Waals surface area contributed by atoms with Crippen molar-refractivity contribution in [2.45, 2.75) is 26.4 Å². The van der Waals surface area contributed by atoms with E-state index in [2.05, 4.69) is 6.07 Å². The monoisotopic (exact) mass is 594 g/mol. The molecule has 2 N–H and O–H groups in total. The number of esters is 1. The van der Waals surface area contributed by atoms with Gasteiger partial charge < -0.3 is 24.4 Å². The van der Waals surface area contributed by atoms with Gasteiger partial charge in [-0.25, -0.2) is 9.18 Å². The molecule has 6 rings (SSSR count). The Morgan fingerprint density at radius 2 is 1.84 bits per heavy atom. The number of rotatable bonds is 6. The summed E-state index contributed by atoms with van der Waals surface area (Å²) in [7, 11) is 0. The molecular formula is C34H24ClFN2O5. The zero-order valence-electron chi connectivity index (χ0n) is 23.1. The second-order valence-electron chi connectivity index (χ2n) is 10.2. The third-order valence-corrected chi connectivity index (χ3v) is 7.72. The van der Waals surface area contributed by atoms with Gasteiger partial charge in [-0.2, -0.15) is 5.26 Å². The highest BCUT2D eigenvalue weighted by molar-refractivity contribution is 6.32. The van der Waals surface area contributed by atoms with E-state index >= 15 is 0 Å². The lowest BCUT2D eigenvalue weighted by Crippen LogP contribution is -2.21. The van der Waals surface area contributed by atoms with E-state index in [1.165, 1.54) is 12.1 Å². The van der Waals surface area contributed by atoms with E-state index in [4.69, 9.17) is 36.0 Å². The van der Waals surface area contributed by atoms with Crippen molar-refractivity contribution in [1.82, 2.24) is 0 Å². The number of furan rings is 1. The second kappa shape index (κ2) is 11.2. The minimum atomic E-state index is -0.679. The van der Waals surface area contributed by atoms with Crippen LogP contribution in [0.15, 0.2) is 94.7 Å². The van der Waals surface area contributed by atoms with Crippen LogP contribution in [0.3, 0.4) is 0 Å². The van der Waals surface area contributed by atoms with Gasteiger partial charge in [0.2, 0.25) is 11.6 Å². The van der Waals surface area contributed by atoms with E-state index in [-0.39, 0.29) is 35.4 Å². The van der Waals surface area contributed by atoms with Crippen molar-refractivity contribution >= 4 is 28.5 Å². The molecule has 0 spiro atoms. The first-order chi connectivity index (χ1) is 20.7. The van der Waals surface area contributed by atoms with Gasteiger partial charge in [0.25, 0.3) is 0 Å². The summed E-state index contributed by atoms with van der Waals surface area (Å²) >= 11 is 6.26. The number of ether oxygens (including phenoxy) is 3. The topological polar surface area (TPSA) is 108 Å². The number of allylic oxidation sites excluding steroid dienone is 1. The molecule has 0 aliphatic carbocycles. The van der Waals surface area contributed by atoms with E-state index in [9.17, 15) is 14.4 Å². The number of aryl methyl sites for hydroxylation is 2. The zero-order valence-corrected chi connectivity index (χ0v) is 23.9. The molecule has 7 nitrogen and oxygen atoms in total. The van der Waals surface area contributed by atoms with Gasteiger partial charge >= 0.3 is 5.97 Å². The Kier molecular flexibility index (Phi) is 7.26. The standard InChI is InChI=1S/C34H24ClFN2O5/c1-18-12-29-26(15-28(18)35)19(2)32(42-29)34(39)41-24-10-11-25-30(14-24)43-33(38)27(16-37)31(25)21-4-3-5-23(13-21)40-17-20-6-8-22(36)9-7-20/h3-15,31H,17,38H2,1-2H3. The number of halogens is 2. The number of hydrogen-bond donors (Lipinski definition) is 1. The highest BCUT2D eigenvalue weighted by atomic mass is 35.5. The molecule has 214 valence electrons. The van der Waals surface area contributed by atoms with E-state index < -0.39 is 11.9 Å². The Bertz CT molecular complexity index is 1970. The van der Waals surface area contributed by atoms with Crippen molar-refractivity contribution < 1.29 is 27.8 Å². The van der Waals surface area contributed by atoms with Crippen molar-refractivity contribution in [2.24, 2.45) is 5.73 Å². The number of hydrogen-bond acceptors (Lipinski definition) is 7. The first kappa shape index (κ1) is 27.9. The van der Waals surface area contributed by atoms with Gasteiger partial charge in [-0.1, -0.05) is 41.9 Å². The third kappa shape index (κ3) is 5.39. The predicted molar refractivity (Wildman–Crippen MR) is 159 cm³/mol. The average Bonchev–Trinajstić information content (AvgIpc) is 3.31. The van der Waals surface area contributed by atoms with Crippen molar-refractivity contribution in [2.75, 3.05) is 0 Å². The Morgan fingerprint density at radius 1 is 1.05 bits per heavy atom. The largest absolute Gasteiger partial charge is 0.489 e. The summed E-state index contributed by atoms with van der Waals surface area (Å²) in [6.45, 7) is 3.86. The van der Waals surface area contributed by atoms with Crippen LogP contribution in [0.5, 0.6) is 17.2 Å². The molecule has 5 aromatic rings. The van der Waals surface area contributed by atoms with Crippen molar-refractivity contribution in [3.05, 3.63) is 135 Å². The number of benzene rings is 4. The molecule has 1 aromatic heterocycles. The maximum absolute atomic E-state index is 13.3. The normalized spacial score (nSPS) is 14.2. The summed E-state index contributed by atoms with van der Waals surface area (Å²) in [4.78, 5) is 13.1. The third-order valence-electron chi connectivity index (χ3n) is 7.31. The molecule has 9 heteroatoms. The molecule has 0 fully saturated rings. The van der Waals surface area contributed by atoms with E-state index in [0.29, 0.717) is 33.2 Å². The molecule has 43 heavy (non-hydrogen) atoms. The molecule has 1 unspecified atom stereocenters. The van der Waals surface area contributed by atoms with Crippen LogP contribution in [0.4, 0.5) is 4.39 Å². The quantitative estimate of drug-likeness (QED) is 0.157. The number of nitrogens with zero attached hydrogens (tertiary/aromatic N) is 1. The number of fused-ring (bicyclic) bond motifs is 2. The molecule has 0 radical (unpaired) electrons. The van der Waals surface area contributed by atoms with Crippen LogP contribution in [0.1, 0.15) is 44.3 Å². The molecule has 1 aliphatic rings.